The van der Waals surface area contributed by atoms with Gasteiger partial charge in [-0.2, -0.15) is 0 Å². The second kappa shape index (κ2) is 12.6. The maximum atomic E-state index is 15.5. The summed E-state index contributed by atoms with van der Waals surface area (Å²) in [6, 6.07) is 3.71. The number of ether oxygens (including phenoxy) is 1. The number of benzene rings is 2. The number of aromatic amines is 1. The molecule has 10 nitrogen and oxygen atoms in total. The van der Waals surface area contributed by atoms with E-state index in [2.05, 4.69) is 10.3 Å². The molecule has 43 heavy (non-hydrogen) atoms. The first-order valence-electron chi connectivity index (χ1n) is 13.9. The number of hydrogen-bond acceptors (Lipinski definition) is 7. The van der Waals surface area contributed by atoms with Gasteiger partial charge in [0.05, 0.1) is 33.1 Å². The van der Waals surface area contributed by atoms with Crippen LogP contribution in [0, 0.1) is 12.7 Å². The van der Waals surface area contributed by atoms with Crippen LogP contribution in [0.1, 0.15) is 57.2 Å². The number of nitrogens with one attached hydrogen (secondary N) is 2. The number of aromatic nitrogens is 2. The fraction of sp³-hybridized carbons (Fsp3) is 0.483. The van der Waals surface area contributed by atoms with Gasteiger partial charge in [-0.3, -0.25) is 14.3 Å². The molecule has 0 unspecified atom stereocenters. The van der Waals surface area contributed by atoms with Crippen molar-refractivity contribution in [2.24, 2.45) is 0 Å². The van der Waals surface area contributed by atoms with Crippen molar-refractivity contribution in [3.8, 4) is 0 Å². The molecule has 3 aromatic rings. The first-order chi connectivity index (χ1) is 20.0. The largest absolute Gasteiger partial charge is 0.444 e. The number of piperidine rings is 1. The Morgan fingerprint density at radius 1 is 1.19 bits per heavy atom. The van der Waals surface area contributed by atoms with Crippen molar-refractivity contribution in [1.82, 2.24) is 19.8 Å². The monoisotopic (exact) mass is 656 g/mol. The molecule has 1 aromatic heterocycles. The lowest BCUT2D eigenvalue weighted by Gasteiger charge is -2.33. The number of nitrogens with zero attached hydrogens (tertiary/aromatic N) is 2. The molecule has 234 valence electrons. The number of hydrogen-bond donors (Lipinski definition) is 2. The van der Waals surface area contributed by atoms with E-state index in [1.807, 2.05) is 4.90 Å². The van der Waals surface area contributed by atoms with Crippen molar-refractivity contribution < 1.29 is 22.3 Å². The van der Waals surface area contributed by atoms with E-state index in [0.29, 0.717) is 18.7 Å². The van der Waals surface area contributed by atoms with Crippen LogP contribution >= 0.6 is 23.2 Å². The molecule has 0 radical (unpaired) electrons. The summed E-state index contributed by atoms with van der Waals surface area (Å²) in [4.78, 5) is 43.4. The van der Waals surface area contributed by atoms with Gasteiger partial charge in [0.1, 0.15) is 11.4 Å². The van der Waals surface area contributed by atoms with E-state index in [-0.39, 0.29) is 55.3 Å². The smallest absolute Gasteiger partial charge is 0.407 e. The highest BCUT2D eigenvalue weighted by Crippen LogP contribution is 2.30. The number of H-pyrrole nitrogens is 1. The summed E-state index contributed by atoms with van der Waals surface area (Å²) in [5, 5.41) is 2.83. The van der Waals surface area contributed by atoms with Crippen molar-refractivity contribution in [2.75, 3.05) is 18.8 Å². The van der Waals surface area contributed by atoms with Gasteiger partial charge in [0.25, 0.3) is 5.56 Å². The van der Waals surface area contributed by atoms with E-state index in [0.717, 1.165) is 23.5 Å². The summed E-state index contributed by atoms with van der Waals surface area (Å²) < 4.78 is 47.3. The number of sulfone groups is 1. The minimum Gasteiger partial charge on any atom is -0.444 e. The molecule has 1 fully saturated rings. The zero-order valence-corrected chi connectivity index (χ0v) is 27.0. The topological polar surface area (TPSA) is 131 Å². The van der Waals surface area contributed by atoms with Gasteiger partial charge in [-0.05, 0) is 76.4 Å². The highest BCUT2D eigenvalue weighted by atomic mass is 35.5. The van der Waals surface area contributed by atoms with Gasteiger partial charge >= 0.3 is 11.8 Å². The molecular weight excluding hydrogens is 622 g/mol. The average molecular weight is 658 g/mol. The summed E-state index contributed by atoms with van der Waals surface area (Å²) in [6.45, 7) is 9.13. The molecule has 0 bridgehead atoms. The van der Waals surface area contributed by atoms with Crippen molar-refractivity contribution in [2.45, 2.75) is 77.1 Å². The Morgan fingerprint density at radius 2 is 1.88 bits per heavy atom. The van der Waals surface area contributed by atoms with Crippen molar-refractivity contribution >= 4 is 50.0 Å². The van der Waals surface area contributed by atoms with E-state index < -0.39 is 45.1 Å². The van der Waals surface area contributed by atoms with Gasteiger partial charge in [-0.15, -0.1) is 0 Å². The zero-order valence-electron chi connectivity index (χ0n) is 24.6. The van der Waals surface area contributed by atoms with Crippen LogP contribution in [0.5, 0.6) is 0 Å². The lowest BCUT2D eigenvalue weighted by molar-refractivity contribution is 0.0470. The number of rotatable bonds is 7. The normalized spacial score (nSPS) is 16.4. The maximum Gasteiger partial charge on any atom is 0.407 e. The summed E-state index contributed by atoms with van der Waals surface area (Å²) >= 11 is 12.8. The molecule has 0 spiro atoms. The van der Waals surface area contributed by atoms with Gasteiger partial charge in [-0.25, -0.2) is 22.4 Å². The maximum absolute atomic E-state index is 15.5. The van der Waals surface area contributed by atoms with E-state index in [4.69, 9.17) is 27.9 Å². The first kappa shape index (κ1) is 33.0. The predicted molar refractivity (Wildman–Crippen MR) is 164 cm³/mol. The minimum atomic E-state index is -3.72. The standard InChI is InChI=1S/C29H35Cl2FN4O6S/c1-6-43(40,41)25-16(2)10-18(30)11-17(25)13-36-26(37)20-12-22(32)21(23(31)24(20)34-27(36)38)15-35-9-7-8-19(14-35)33-28(39)42-29(3,4)5/h10-12,19H,6-9,13-15H2,1-5H3,(H,33,39)(H,34,38)/t19-/m1/s1. The molecule has 0 aliphatic carbocycles. The SMILES string of the molecule is CCS(=O)(=O)c1c(C)cc(Cl)cc1Cn1c(=O)[nH]c2c(Cl)c(CN3CCC[C@@H](NC(=O)OC(C)(C)C)C3)c(F)cc2c1=O. The quantitative estimate of drug-likeness (QED) is 0.374. The third-order valence-electron chi connectivity index (χ3n) is 7.21. The summed E-state index contributed by atoms with van der Waals surface area (Å²) in [5.41, 5.74) is -1.68. The zero-order chi connectivity index (χ0) is 31.9. The van der Waals surface area contributed by atoms with E-state index in [9.17, 15) is 22.8 Å². The van der Waals surface area contributed by atoms with Crippen molar-refractivity contribution in [1.29, 1.82) is 0 Å². The average Bonchev–Trinajstić information content (AvgIpc) is 2.88. The molecule has 1 amide bonds. The lowest BCUT2D eigenvalue weighted by Crippen LogP contribution is -2.48. The molecule has 2 N–H and O–H groups in total. The van der Waals surface area contributed by atoms with Crippen LogP contribution in [0.15, 0.2) is 32.7 Å². The number of aryl methyl sites for hydroxylation is 1. The highest BCUT2D eigenvalue weighted by Gasteiger charge is 2.27. The van der Waals surface area contributed by atoms with Crippen LogP contribution in [0.3, 0.4) is 0 Å². The number of likely N-dealkylation sites (tertiary alicyclic amines) is 1. The van der Waals surface area contributed by atoms with Crippen LogP contribution in [0.25, 0.3) is 10.9 Å². The second-order valence-electron chi connectivity index (χ2n) is 11.7. The van der Waals surface area contributed by atoms with Gasteiger partial charge in [0.15, 0.2) is 9.84 Å². The van der Waals surface area contributed by atoms with Crippen LogP contribution in [-0.2, 0) is 27.7 Å². The highest BCUT2D eigenvalue weighted by molar-refractivity contribution is 7.91. The molecule has 1 aliphatic heterocycles. The number of halogens is 3. The van der Waals surface area contributed by atoms with Gasteiger partial charge in [-0.1, -0.05) is 30.1 Å². The molecular formula is C29H35Cl2FN4O6S. The Balaban J connectivity index is 1.66. The predicted octanol–water partition coefficient (Wildman–Crippen LogP) is 4.78. The van der Waals surface area contributed by atoms with Crippen molar-refractivity contribution in [3.05, 3.63) is 71.6 Å². The van der Waals surface area contributed by atoms with Crippen LogP contribution in [0.2, 0.25) is 10.0 Å². The Bertz CT molecular complexity index is 1800. The summed E-state index contributed by atoms with van der Waals surface area (Å²) in [7, 11) is -3.72. The van der Waals surface area contributed by atoms with Crippen molar-refractivity contribution in [3.63, 3.8) is 0 Å². The van der Waals surface area contributed by atoms with Gasteiger partial charge in [0.2, 0.25) is 0 Å². The Kier molecular flexibility index (Phi) is 9.65. The fourth-order valence-electron chi connectivity index (χ4n) is 5.34. The number of carbonyl (C=O) groups is 1. The van der Waals surface area contributed by atoms with E-state index >= 15 is 4.39 Å². The third-order valence-corrected chi connectivity index (χ3v) is 9.81. The summed E-state index contributed by atoms with van der Waals surface area (Å²) in [6.07, 6.45) is 0.938. The Morgan fingerprint density at radius 3 is 2.53 bits per heavy atom. The van der Waals surface area contributed by atoms with Crippen LogP contribution in [0.4, 0.5) is 9.18 Å². The number of amides is 1. The molecule has 4 rings (SSSR count). The number of fused-ring (bicyclic) bond motifs is 1. The lowest BCUT2D eigenvalue weighted by atomic mass is 10.0. The summed E-state index contributed by atoms with van der Waals surface area (Å²) in [5.74, 6) is -0.924. The Labute approximate surface area is 259 Å². The van der Waals surface area contributed by atoms with Crippen LogP contribution in [-0.4, -0.2) is 59.4 Å². The molecule has 2 aromatic carbocycles. The fourth-order valence-corrected chi connectivity index (χ4v) is 7.30. The first-order valence-corrected chi connectivity index (χ1v) is 16.3. The molecule has 14 heteroatoms. The molecule has 1 saturated heterocycles. The Hall–Kier alpha value is -2.93. The molecule has 0 saturated carbocycles. The van der Waals surface area contributed by atoms with Crippen LogP contribution < -0.4 is 16.6 Å². The second-order valence-corrected chi connectivity index (χ2v) is 14.8. The third kappa shape index (κ3) is 7.42. The minimum absolute atomic E-state index is 0.00801. The van der Waals surface area contributed by atoms with E-state index in [1.54, 1.807) is 27.7 Å². The molecule has 2 heterocycles. The van der Waals surface area contributed by atoms with Gasteiger partial charge in [0, 0.05) is 29.7 Å². The number of alkyl carbamates (subject to hydrolysis) is 1. The molecule has 1 aliphatic rings. The number of carbonyl (C=O) groups excluding carboxylic acids is 1. The van der Waals surface area contributed by atoms with Gasteiger partial charge < -0.3 is 15.0 Å². The van der Waals surface area contributed by atoms with E-state index in [1.165, 1.54) is 19.1 Å². The molecule has 1 atom stereocenters.